The van der Waals surface area contributed by atoms with Gasteiger partial charge in [-0.05, 0) is 42.0 Å². The number of piperazine rings is 1. The van der Waals surface area contributed by atoms with Crippen molar-refractivity contribution in [1.29, 1.82) is 0 Å². The van der Waals surface area contributed by atoms with Gasteiger partial charge in [-0.2, -0.15) is 0 Å². The third-order valence-corrected chi connectivity index (χ3v) is 7.63. The molecular formula is C31H32N2O8. The minimum absolute atomic E-state index is 0.101. The van der Waals surface area contributed by atoms with Crippen molar-refractivity contribution in [3.63, 3.8) is 0 Å². The lowest BCUT2D eigenvalue weighted by Crippen LogP contribution is -2.45. The zero-order valence-corrected chi connectivity index (χ0v) is 23.3. The predicted octanol–water partition coefficient (Wildman–Crippen LogP) is 4.08. The molecule has 0 atom stereocenters. The molecule has 1 N–H and O–H groups in total. The molecule has 0 bridgehead atoms. The van der Waals surface area contributed by atoms with Crippen LogP contribution in [-0.2, 0) is 13.1 Å². The van der Waals surface area contributed by atoms with Crippen LogP contribution in [0.2, 0.25) is 0 Å². The molecule has 0 aromatic heterocycles. The van der Waals surface area contributed by atoms with Crippen molar-refractivity contribution < 1.29 is 38.3 Å². The quantitative estimate of drug-likeness (QED) is 0.406. The van der Waals surface area contributed by atoms with Crippen molar-refractivity contribution in [2.45, 2.75) is 13.1 Å². The van der Waals surface area contributed by atoms with E-state index < -0.39 is 0 Å². The lowest BCUT2D eigenvalue weighted by Gasteiger charge is -2.35. The van der Waals surface area contributed by atoms with Gasteiger partial charge in [0.15, 0.2) is 28.8 Å². The minimum atomic E-state index is -0.258. The number of nitrogens with zero attached hydrogens (tertiary/aromatic N) is 2. The number of ketones is 1. The van der Waals surface area contributed by atoms with Crippen molar-refractivity contribution in [1.82, 2.24) is 9.80 Å². The van der Waals surface area contributed by atoms with E-state index in [1.807, 2.05) is 12.1 Å². The van der Waals surface area contributed by atoms with Crippen molar-refractivity contribution >= 4 is 11.9 Å². The number of Topliss-reactive ketones (excluding diaryl/α,β-unsaturated/α-hetero) is 1. The van der Waals surface area contributed by atoms with Gasteiger partial charge in [0.2, 0.25) is 12.6 Å². The van der Waals surface area contributed by atoms with E-state index in [1.165, 1.54) is 5.56 Å². The number of allylic oxidation sites excluding steroid dienone is 1. The fraction of sp³-hybridized carbons (Fsp3) is 0.323. The van der Waals surface area contributed by atoms with Crippen LogP contribution in [0.1, 0.15) is 27.0 Å². The molecular weight excluding hydrogens is 528 g/mol. The number of carbonyl (C=O) groups is 1. The Morgan fingerprint density at radius 2 is 1.51 bits per heavy atom. The Kier molecular flexibility index (Phi) is 7.34. The van der Waals surface area contributed by atoms with Gasteiger partial charge >= 0.3 is 0 Å². The fourth-order valence-electron chi connectivity index (χ4n) is 5.38. The van der Waals surface area contributed by atoms with Gasteiger partial charge in [-0.25, -0.2) is 0 Å². The molecule has 6 rings (SSSR count). The molecule has 0 aliphatic carbocycles. The Morgan fingerprint density at radius 1 is 0.829 bits per heavy atom. The van der Waals surface area contributed by atoms with Gasteiger partial charge in [0.05, 0.1) is 32.5 Å². The monoisotopic (exact) mass is 560 g/mol. The number of aromatic hydroxyl groups is 1. The summed E-state index contributed by atoms with van der Waals surface area (Å²) in [6.45, 7) is 4.92. The number of phenols is 1. The normalized spacial score (nSPS) is 17.4. The molecule has 0 amide bonds. The SMILES string of the molecule is COc1cc(OC)c(OC)cc1/C=C1\Oc2c(ccc(O)c2CN2CCN(Cc3ccc4c(c3)OCO4)CC2)C1=O. The zero-order valence-electron chi connectivity index (χ0n) is 23.3. The molecule has 214 valence electrons. The van der Waals surface area contributed by atoms with Gasteiger partial charge in [-0.3, -0.25) is 14.6 Å². The Balaban J connectivity index is 1.16. The highest BCUT2D eigenvalue weighted by molar-refractivity contribution is 6.15. The average Bonchev–Trinajstić information content (AvgIpc) is 3.59. The maximum absolute atomic E-state index is 13.3. The smallest absolute Gasteiger partial charge is 0.231 e. The fourth-order valence-corrected chi connectivity index (χ4v) is 5.38. The van der Waals surface area contributed by atoms with Crippen LogP contribution in [0.5, 0.6) is 40.2 Å². The highest BCUT2D eigenvalue weighted by Crippen LogP contribution is 2.42. The maximum Gasteiger partial charge on any atom is 0.231 e. The van der Waals surface area contributed by atoms with Gasteiger partial charge in [0, 0.05) is 50.9 Å². The Hall–Kier alpha value is -4.41. The number of fused-ring (bicyclic) bond motifs is 2. The molecule has 3 heterocycles. The first-order valence-electron chi connectivity index (χ1n) is 13.4. The zero-order chi connectivity index (χ0) is 28.5. The van der Waals surface area contributed by atoms with E-state index in [0.29, 0.717) is 46.2 Å². The van der Waals surface area contributed by atoms with Crippen molar-refractivity contribution in [2.75, 3.05) is 54.3 Å². The van der Waals surface area contributed by atoms with Gasteiger partial charge in [-0.15, -0.1) is 0 Å². The number of hydrogen-bond acceptors (Lipinski definition) is 10. The first kappa shape index (κ1) is 26.8. The predicted molar refractivity (Wildman–Crippen MR) is 150 cm³/mol. The molecule has 10 heteroatoms. The Labute approximate surface area is 238 Å². The minimum Gasteiger partial charge on any atom is -0.507 e. The molecule has 1 fully saturated rings. The molecule has 0 radical (unpaired) electrons. The molecule has 10 nitrogen and oxygen atoms in total. The first-order valence-corrected chi connectivity index (χ1v) is 13.4. The van der Waals surface area contributed by atoms with Crippen LogP contribution < -0.4 is 28.4 Å². The van der Waals surface area contributed by atoms with Gasteiger partial charge in [0.25, 0.3) is 0 Å². The summed E-state index contributed by atoms with van der Waals surface area (Å²) in [5, 5.41) is 10.8. The molecule has 0 unspecified atom stereocenters. The Bertz CT molecular complexity index is 1510. The van der Waals surface area contributed by atoms with Gasteiger partial charge < -0.3 is 33.5 Å². The van der Waals surface area contributed by atoms with E-state index in [0.717, 1.165) is 44.2 Å². The van der Waals surface area contributed by atoms with E-state index in [4.69, 9.17) is 28.4 Å². The molecule has 3 aromatic rings. The second-order valence-corrected chi connectivity index (χ2v) is 10.1. The molecule has 1 saturated heterocycles. The molecule has 0 spiro atoms. The molecule has 3 aliphatic rings. The lowest BCUT2D eigenvalue weighted by molar-refractivity contribution is 0.101. The van der Waals surface area contributed by atoms with Crippen LogP contribution in [0.15, 0.2) is 48.2 Å². The first-order chi connectivity index (χ1) is 20.0. The van der Waals surface area contributed by atoms with Crippen LogP contribution in [0.4, 0.5) is 0 Å². The van der Waals surface area contributed by atoms with E-state index >= 15 is 0 Å². The maximum atomic E-state index is 13.3. The number of ether oxygens (including phenoxy) is 6. The van der Waals surface area contributed by atoms with Gasteiger partial charge in [0.1, 0.15) is 17.2 Å². The summed E-state index contributed by atoms with van der Waals surface area (Å²) in [6.07, 6.45) is 1.62. The second kappa shape index (κ2) is 11.2. The van der Waals surface area contributed by atoms with Crippen LogP contribution in [-0.4, -0.2) is 75.0 Å². The summed E-state index contributed by atoms with van der Waals surface area (Å²) in [5.74, 6) is 3.47. The largest absolute Gasteiger partial charge is 0.507 e. The summed E-state index contributed by atoms with van der Waals surface area (Å²) < 4.78 is 33.3. The molecule has 0 saturated carbocycles. The van der Waals surface area contributed by atoms with Crippen molar-refractivity contribution in [2.24, 2.45) is 0 Å². The standard InChI is InChI=1S/C31H32N2O8/c1-36-25-15-27(38-3)26(37-2)13-20(25)14-29-30(35)21-5-6-23(34)22(31(21)41-29)17-33-10-8-32(9-11-33)16-19-4-7-24-28(12-19)40-18-39-24/h4-7,12-15,34H,8-11,16-18H2,1-3H3/b29-14-. The van der Waals surface area contributed by atoms with E-state index in [2.05, 4.69) is 15.9 Å². The highest BCUT2D eigenvalue weighted by atomic mass is 16.7. The number of methoxy groups -OCH3 is 3. The van der Waals surface area contributed by atoms with Crippen molar-refractivity contribution in [3.05, 3.63) is 70.5 Å². The third kappa shape index (κ3) is 5.23. The number of hydrogen-bond donors (Lipinski definition) is 1. The van der Waals surface area contributed by atoms with Crippen LogP contribution in [0.3, 0.4) is 0 Å². The average molecular weight is 561 g/mol. The van der Waals surface area contributed by atoms with Crippen LogP contribution >= 0.6 is 0 Å². The lowest BCUT2D eigenvalue weighted by atomic mass is 10.0. The number of benzene rings is 3. The number of phenolic OH excluding ortho intramolecular Hbond substituents is 1. The van der Waals surface area contributed by atoms with E-state index in [-0.39, 0.29) is 24.1 Å². The summed E-state index contributed by atoms with van der Waals surface area (Å²) in [5.41, 5.74) is 2.80. The highest BCUT2D eigenvalue weighted by Gasteiger charge is 2.32. The summed E-state index contributed by atoms with van der Waals surface area (Å²) in [4.78, 5) is 18.0. The van der Waals surface area contributed by atoms with E-state index in [9.17, 15) is 9.90 Å². The number of rotatable bonds is 8. The van der Waals surface area contributed by atoms with Crippen LogP contribution in [0.25, 0.3) is 6.08 Å². The topological polar surface area (TPSA) is 99.2 Å². The summed E-state index contributed by atoms with van der Waals surface area (Å²) in [7, 11) is 4.63. The summed E-state index contributed by atoms with van der Waals surface area (Å²) in [6, 6.07) is 12.7. The summed E-state index contributed by atoms with van der Waals surface area (Å²) >= 11 is 0. The number of carbonyl (C=O) groups excluding carboxylic acids is 1. The van der Waals surface area contributed by atoms with E-state index in [1.54, 1.807) is 51.7 Å². The second-order valence-electron chi connectivity index (χ2n) is 10.1. The Morgan fingerprint density at radius 3 is 2.24 bits per heavy atom. The molecule has 3 aromatic carbocycles. The molecule has 3 aliphatic heterocycles. The van der Waals surface area contributed by atoms with Crippen molar-refractivity contribution in [3.8, 4) is 40.2 Å². The molecule has 41 heavy (non-hydrogen) atoms. The van der Waals surface area contributed by atoms with Crippen LogP contribution in [0, 0.1) is 0 Å². The third-order valence-electron chi connectivity index (χ3n) is 7.63. The van der Waals surface area contributed by atoms with Gasteiger partial charge in [-0.1, -0.05) is 6.07 Å².